The minimum absolute atomic E-state index is 0.0635. The van der Waals surface area contributed by atoms with Gasteiger partial charge in [0.05, 0.1) is 5.41 Å². The van der Waals surface area contributed by atoms with Crippen LogP contribution >= 0.6 is 11.8 Å². The van der Waals surface area contributed by atoms with E-state index in [0.717, 1.165) is 32.4 Å². The van der Waals surface area contributed by atoms with E-state index < -0.39 is 0 Å². The zero-order chi connectivity index (χ0) is 35.8. The Balaban J connectivity index is 1.39. The molecule has 3 aromatic rings. The van der Waals surface area contributed by atoms with Crippen molar-refractivity contribution < 1.29 is 4.58 Å². The number of thioether (sulfide) groups is 1. The Bertz CT molecular complexity index is 1940. The second kappa shape index (κ2) is 14.7. The summed E-state index contributed by atoms with van der Waals surface area (Å²) >= 11 is 1.97. The van der Waals surface area contributed by atoms with Crippen molar-refractivity contribution in [2.45, 2.75) is 96.3 Å². The van der Waals surface area contributed by atoms with Crippen LogP contribution in [0.25, 0.3) is 0 Å². The van der Waals surface area contributed by atoms with Crippen LogP contribution in [0.4, 0.5) is 11.4 Å². The summed E-state index contributed by atoms with van der Waals surface area (Å²) in [5, 5.41) is 0. The zero-order valence-corrected chi connectivity index (χ0v) is 32.8. The Kier molecular flexibility index (Phi) is 10.2. The Morgan fingerprint density at radius 3 is 2.18 bits per heavy atom. The molecule has 0 spiro atoms. The Labute approximate surface area is 312 Å². The van der Waals surface area contributed by atoms with E-state index in [0.29, 0.717) is 17.8 Å². The van der Waals surface area contributed by atoms with E-state index in [4.69, 9.17) is 0 Å². The summed E-state index contributed by atoms with van der Waals surface area (Å²) in [4.78, 5) is 5.44. The van der Waals surface area contributed by atoms with Crippen molar-refractivity contribution in [3.8, 4) is 0 Å². The largest absolute Gasteiger partial charge is 0.344 e. The van der Waals surface area contributed by atoms with Gasteiger partial charge in [0.1, 0.15) is 6.54 Å². The summed E-state index contributed by atoms with van der Waals surface area (Å²) in [6, 6.07) is 29.4. The lowest BCUT2D eigenvalue weighted by Gasteiger charge is -2.32. The second-order valence-electron chi connectivity index (χ2n) is 16.7. The van der Waals surface area contributed by atoms with Crippen molar-refractivity contribution >= 4 is 28.8 Å². The number of allylic oxidation sites excluding steroid dienone is 9. The van der Waals surface area contributed by atoms with Crippen molar-refractivity contribution in [1.29, 1.82) is 0 Å². The van der Waals surface area contributed by atoms with Gasteiger partial charge in [0, 0.05) is 57.3 Å². The van der Waals surface area contributed by atoms with Gasteiger partial charge in [0.25, 0.3) is 0 Å². The predicted molar refractivity (Wildman–Crippen MR) is 220 cm³/mol. The molecule has 3 aromatic carbocycles. The van der Waals surface area contributed by atoms with Crippen molar-refractivity contribution in [3.05, 3.63) is 148 Å². The van der Waals surface area contributed by atoms with Gasteiger partial charge in [-0.25, -0.2) is 0 Å². The number of rotatable bonds is 12. The summed E-state index contributed by atoms with van der Waals surface area (Å²) in [6.45, 7) is 18.9. The fraction of sp³-hybridized carbons (Fsp3) is 0.396. The van der Waals surface area contributed by atoms with Gasteiger partial charge in [-0.15, -0.1) is 0 Å². The van der Waals surface area contributed by atoms with Gasteiger partial charge < -0.3 is 4.90 Å². The number of para-hydroxylation sites is 2. The van der Waals surface area contributed by atoms with Gasteiger partial charge >= 0.3 is 0 Å². The lowest BCUT2D eigenvalue weighted by atomic mass is 9.74. The molecule has 4 aliphatic rings. The molecule has 0 radical (unpaired) electrons. The Hall–Kier alpha value is -3.82. The van der Waals surface area contributed by atoms with E-state index in [-0.39, 0.29) is 10.8 Å². The predicted octanol–water partition coefficient (Wildman–Crippen LogP) is 12.7. The minimum Gasteiger partial charge on any atom is -0.344 e. The summed E-state index contributed by atoms with van der Waals surface area (Å²) in [5.41, 5.74) is 11.4. The second-order valence-corrected chi connectivity index (χ2v) is 17.7. The molecule has 1 unspecified atom stereocenters. The van der Waals surface area contributed by atoms with Crippen LogP contribution in [-0.2, 0) is 10.8 Å². The smallest absolute Gasteiger partial charge is 0.209 e. The Morgan fingerprint density at radius 2 is 1.45 bits per heavy atom. The summed E-state index contributed by atoms with van der Waals surface area (Å²) < 4.78 is 2.64. The van der Waals surface area contributed by atoms with E-state index >= 15 is 0 Å². The highest BCUT2D eigenvalue weighted by Gasteiger charge is 2.46. The number of hydrogen-bond donors (Lipinski definition) is 0. The normalized spacial score (nSPS) is 22.6. The van der Waals surface area contributed by atoms with Crippen LogP contribution in [-0.4, -0.2) is 23.4 Å². The van der Waals surface area contributed by atoms with E-state index in [9.17, 15) is 0 Å². The van der Waals surface area contributed by atoms with E-state index in [1.807, 2.05) is 11.8 Å². The molecule has 1 atom stereocenters. The number of benzene rings is 3. The molecule has 3 heteroatoms. The molecule has 51 heavy (non-hydrogen) atoms. The highest BCUT2D eigenvalue weighted by Crippen LogP contribution is 2.54. The first-order valence-corrected chi connectivity index (χ1v) is 20.2. The van der Waals surface area contributed by atoms with Crippen LogP contribution < -0.4 is 4.90 Å². The first-order valence-electron chi connectivity index (χ1n) is 19.4. The highest BCUT2D eigenvalue weighted by molar-refractivity contribution is 8.03. The standard InChI is InChI=1S/C48H57N2S/c1-34(2)27-29-49-42-23-15-13-21-40(42)47(5,6)44(49)31-37-25-26-38(46(37)51-39-19-9-8-10-20-39)32-45-48(7,33-36-17-11-12-18-36)41-22-14-16-24-43(41)50(45)30-28-35(3)4/h8-24,31-32,34-36H,25-30,33H2,1-7H3/q+1. The molecule has 0 N–H and O–H groups in total. The number of nitrogens with zero attached hydrogens (tertiary/aromatic N) is 2. The third-order valence-electron chi connectivity index (χ3n) is 11.6. The topological polar surface area (TPSA) is 6.25 Å². The van der Waals surface area contributed by atoms with Gasteiger partial charge in [0.15, 0.2) is 5.71 Å². The van der Waals surface area contributed by atoms with Crippen LogP contribution in [0.15, 0.2) is 142 Å². The van der Waals surface area contributed by atoms with E-state index in [1.165, 1.54) is 67.7 Å². The maximum Gasteiger partial charge on any atom is 0.209 e. The average molecular weight is 694 g/mol. The maximum atomic E-state index is 2.69. The van der Waals surface area contributed by atoms with Gasteiger partial charge in [-0.05, 0) is 105 Å². The summed E-state index contributed by atoms with van der Waals surface area (Å²) in [5.74, 6) is 1.74. The molecule has 0 saturated carbocycles. The lowest BCUT2D eigenvalue weighted by Crippen LogP contribution is -2.31. The molecular weight excluding hydrogens is 637 g/mol. The SMILES string of the molecule is CC(C)CCN1C(=CC2=C(Sc3ccccc3)C(=CC3=[N+](CCC(C)C)c4ccccc4C3(C)C)CC2)C(C)(CC2C=CC=C2)c2ccccc21. The molecule has 0 bridgehead atoms. The van der Waals surface area contributed by atoms with Crippen molar-refractivity contribution in [3.63, 3.8) is 0 Å². The molecule has 0 aromatic heterocycles. The fourth-order valence-electron chi connectivity index (χ4n) is 8.68. The molecule has 264 valence electrons. The van der Waals surface area contributed by atoms with Gasteiger partial charge in [-0.1, -0.05) is 118 Å². The van der Waals surface area contributed by atoms with E-state index in [2.05, 4.69) is 173 Å². The number of anilines is 1. The van der Waals surface area contributed by atoms with Crippen LogP contribution in [0.2, 0.25) is 0 Å². The van der Waals surface area contributed by atoms with Crippen molar-refractivity contribution in [2.24, 2.45) is 17.8 Å². The molecule has 0 fully saturated rings. The molecule has 2 aliphatic heterocycles. The molecule has 2 nitrogen and oxygen atoms in total. The quantitative estimate of drug-likeness (QED) is 0.174. The first-order chi connectivity index (χ1) is 24.6. The van der Waals surface area contributed by atoms with Gasteiger partial charge in [-0.2, -0.15) is 4.58 Å². The van der Waals surface area contributed by atoms with Gasteiger partial charge in [-0.3, -0.25) is 0 Å². The average Bonchev–Trinajstić information content (AvgIpc) is 3.86. The summed E-state index contributed by atoms with van der Waals surface area (Å²) in [7, 11) is 0. The van der Waals surface area contributed by atoms with Gasteiger partial charge in [0.2, 0.25) is 5.69 Å². The minimum atomic E-state index is -0.0866. The molecule has 7 rings (SSSR count). The Morgan fingerprint density at radius 1 is 0.784 bits per heavy atom. The van der Waals surface area contributed by atoms with Crippen LogP contribution in [0.3, 0.4) is 0 Å². The number of hydrogen-bond acceptors (Lipinski definition) is 2. The van der Waals surface area contributed by atoms with Crippen LogP contribution in [0.5, 0.6) is 0 Å². The van der Waals surface area contributed by atoms with Crippen LogP contribution in [0, 0.1) is 17.8 Å². The zero-order valence-electron chi connectivity index (χ0n) is 32.0. The molecule has 0 amide bonds. The number of fused-ring (bicyclic) bond motifs is 2. The maximum absolute atomic E-state index is 2.69. The summed E-state index contributed by atoms with van der Waals surface area (Å²) in [6.07, 6.45) is 20.0. The molecule has 0 saturated heterocycles. The molecule has 2 heterocycles. The molecule has 2 aliphatic carbocycles. The third-order valence-corrected chi connectivity index (χ3v) is 12.8. The monoisotopic (exact) mass is 693 g/mol. The van der Waals surface area contributed by atoms with Crippen molar-refractivity contribution in [1.82, 2.24) is 0 Å². The molecular formula is C48H57N2S+. The van der Waals surface area contributed by atoms with Crippen molar-refractivity contribution in [2.75, 3.05) is 18.0 Å². The lowest BCUT2D eigenvalue weighted by molar-refractivity contribution is -0.439. The highest BCUT2D eigenvalue weighted by atomic mass is 32.2. The first kappa shape index (κ1) is 35.6. The third kappa shape index (κ3) is 7.04. The fourth-order valence-corrected chi connectivity index (χ4v) is 9.79. The van der Waals surface area contributed by atoms with E-state index in [1.54, 1.807) is 0 Å². The van der Waals surface area contributed by atoms with Crippen LogP contribution in [0.1, 0.15) is 91.7 Å².